The van der Waals surface area contributed by atoms with Crippen molar-refractivity contribution in [2.75, 3.05) is 13.2 Å². The molecule has 0 radical (unpaired) electrons. The van der Waals surface area contributed by atoms with E-state index in [2.05, 4.69) is 6.92 Å². The number of allylic oxidation sites excluding steroid dienone is 7. The molecule has 0 saturated carbocycles. The van der Waals surface area contributed by atoms with Crippen molar-refractivity contribution in [2.45, 2.75) is 141 Å². The lowest BCUT2D eigenvalue weighted by Gasteiger charge is -2.16. The van der Waals surface area contributed by atoms with Crippen LogP contribution in [-0.4, -0.2) is 70.0 Å². The van der Waals surface area contributed by atoms with Crippen molar-refractivity contribution in [2.24, 2.45) is 0 Å². The highest BCUT2D eigenvalue weighted by molar-refractivity contribution is 5.70. The molecule has 0 aliphatic carbocycles. The van der Waals surface area contributed by atoms with Crippen LogP contribution in [0.3, 0.4) is 0 Å². The molecule has 0 saturated heterocycles. The van der Waals surface area contributed by atoms with Gasteiger partial charge < -0.3 is 29.9 Å². The van der Waals surface area contributed by atoms with Crippen molar-refractivity contribution in [3.05, 3.63) is 60.8 Å². The van der Waals surface area contributed by atoms with Gasteiger partial charge >= 0.3 is 11.9 Å². The molecule has 0 heterocycles. The van der Waals surface area contributed by atoms with Crippen molar-refractivity contribution in [1.29, 1.82) is 0 Å². The van der Waals surface area contributed by atoms with Crippen LogP contribution in [0.2, 0.25) is 0 Å². The largest absolute Gasteiger partial charge is 0.462 e. The van der Waals surface area contributed by atoms with Crippen LogP contribution in [-0.2, 0) is 19.1 Å². The molecule has 0 spiro atoms. The normalized spacial score (nSPS) is 15.1. The Labute approximate surface area is 266 Å². The number of rotatable bonds is 28. The van der Waals surface area contributed by atoms with Gasteiger partial charge in [-0.05, 0) is 32.1 Å². The summed E-state index contributed by atoms with van der Waals surface area (Å²) in [5.74, 6) is -0.932. The first-order valence-corrected chi connectivity index (χ1v) is 16.7. The molecular formula is C36H60O8. The fourth-order valence-corrected chi connectivity index (χ4v) is 4.25. The van der Waals surface area contributed by atoms with Crippen molar-refractivity contribution in [1.82, 2.24) is 0 Å². The lowest BCUT2D eigenvalue weighted by atomic mass is 10.1. The Kier molecular flexibility index (Phi) is 28.8. The van der Waals surface area contributed by atoms with E-state index < -0.39 is 43.0 Å². The van der Waals surface area contributed by atoms with E-state index in [0.717, 1.165) is 25.7 Å². The van der Waals surface area contributed by atoms with E-state index in [1.54, 1.807) is 42.5 Å². The van der Waals surface area contributed by atoms with Gasteiger partial charge in [0.25, 0.3) is 0 Å². The second-order valence-corrected chi connectivity index (χ2v) is 11.1. The molecule has 8 heteroatoms. The van der Waals surface area contributed by atoms with Gasteiger partial charge in [-0.3, -0.25) is 9.59 Å². The first-order chi connectivity index (χ1) is 21.3. The van der Waals surface area contributed by atoms with E-state index in [1.165, 1.54) is 51.0 Å². The standard InChI is InChI=1S/C36H60O8/c1-3-5-7-8-9-10-11-12-17-21-27-36(42)44-32(29-37)30-43-35(41)28-22-26-34(40)33(39)25-20-16-14-13-15-19-24-31(38)23-18-6-4-2/h6,13-16,18-20,24-25,31-34,37-40H,3-5,7-12,17,21-23,26-30H2,1-2H3/b15-13+,16-14-,18-6-,24-19+,25-20-/t31-,32+,33+,34+/m1/s1. The Hall–Kier alpha value is -2.52. The minimum Gasteiger partial charge on any atom is -0.462 e. The molecule has 0 aromatic rings. The maximum Gasteiger partial charge on any atom is 0.306 e. The highest BCUT2D eigenvalue weighted by atomic mass is 16.6. The highest BCUT2D eigenvalue weighted by Crippen LogP contribution is 2.12. The SMILES string of the molecule is CC/C=C\C[C@@H](O)/C=C/C=C/C=C\C=C/[C@H](O)[C@@H](O)CCCC(=O)OC[C@H](CO)OC(=O)CCCCCCCCCCCC. The van der Waals surface area contributed by atoms with Crippen LogP contribution in [0.5, 0.6) is 0 Å². The summed E-state index contributed by atoms with van der Waals surface area (Å²) in [7, 11) is 0. The third-order valence-corrected chi connectivity index (χ3v) is 6.92. The average Bonchev–Trinajstić information content (AvgIpc) is 3.01. The van der Waals surface area contributed by atoms with Crippen LogP contribution in [0, 0.1) is 0 Å². The third kappa shape index (κ3) is 27.1. The predicted octanol–water partition coefficient (Wildman–Crippen LogP) is 6.58. The zero-order chi connectivity index (χ0) is 32.7. The molecule has 0 aromatic carbocycles. The average molecular weight is 621 g/mol. The number of hydrogen-bond acceptors (Lipinski definition) is 8. The van der Waals surface area contributed by atoms with E-state index in [9.17, 15) is 30.0 Å². The van der Waals surface area contributed by atoms with Gasteiger partial charge in [-0.2, -0.15) is 0 Å². The Morgan fingerprint density at radius 1 is 0.682 bits per heavy atom. The summed E-state index contributed by atoms with van der Waals surface area (Å²) in [5, 5.41) is 39.5. The van der Waals surface area contributed by atoms with Crippen molar-refractivity contribution >= 4 is 11.9 Å². The monoisotopic (exact) mass is 620 g/mol. The summed E-state index contributed by atoms with van der Waals surface area (Å²) < 4.78 is 10.4. The molecule has 0 rings (SSSR count). The number of carbonyl (C=O) groups is 2. The third-order valence-electron chi connectivity index (χ3n) is 6.92. The van der Waals surface area contributed by atoms with Gasteiger partial charge in [-0.25, -0.2) is 0 Å². The Bertz CT molecular complexity index is 845. The molecule has 0 unspecified atom stereocenters. The van der Waals surface area contributed by atoms with Gasteiger partial charge in [0.2, 0.25) is 0 Å². The fraction of sp³-hybridized carbons (Fsp3) is 0.667. The summed E-state index contributed by atoms with van der Waals surface area (Å²) in [6.07, 6.45) is 28.0. The number of hydrogen-bond donors (Lipinski definition) is 4. The molecule has 0 aliphatic rings. The van der Waals surface area contributed by atoms with Crippen molar-refractivity contribution in [3.63, 3.8) is 0 Å². The van der Waals surface area contributed by atoms with Gasteiger partial charge in [0, 0.05) is 12.8 Å². The van der Waals surface area contributed by atoms with E-state index in [1.807, 2.05) is 19.1 Å². The fourth-order valence-electron chi connectivity index (χ4n) is 4.25. The zero-order valence-electron chi connectivity index (χ0n) is 27.2. The van der Waals surface area contributed by atoms with Crippen molar-refractivity contribution in [3.8, 4) is 0 Å². The summed E-state index contributed by atoms with van der Waals surface area (Å²) in [6.45, 7) is 3.60. The topological polar surface area (TPSA) is 134 Å². The highest BCUT2D eigenvalue weighted by Gasteiger charge is 2.17. The summed E-state index contributed by atoms with van der Waals surface area (Å²) in [6, 6.07) is 0. The Balaban J connectivity index is 4.03. The minimum absolute atomic E-state index is 0.0278. The van der Waals surface area contributed by atoms with E-state index in [0.29, 0.717) is 12.8 Å². The molecule has 44 heavy (non-hydrogen) atoms. The summed E-state index contributed by atoms with van der Waals surface area (Å²) in [5.41, 5.74) is 0. The van der Waals surface area contributed by atoms with Crippen LogP contribution in [0.4, 0.5) is 0 Å². The number of ether oxygens (including phenoxy) is 2. The molecule has 0 bridgehead atoms. The van der Waals surface area contributed by atoms with Crippen LogP contribution in [0.25, 0.3) is 0 Å². The molecule has 8 nitrogen and oxygen atoms in total. The zero-order valence-corrected chi connectivity index (χ0v) is 27.2. The van der Waals surface area contributed by atoms with E-state index >= 15 is 0 Å². The smallest absolute Gasteiger partial charge is 0.306 e. The Morgan fingerprint density at radius 3 is 1.86 bits per heavy atom. The number of carbonyl (C=O) groups excluding carboxylic acids is 2. The van der Waals surface area contributed by atoms with Crippen LogP contribution in [0.1, 0.15) is 117 Å². The molecular weight excluding hydrogens is 560 g/mol. The molecule has 4 atom stereocenters. The van der Waals surface area contributed by atoms with Gasteiger partial charge in [-0.1, -0.05) is 132 Å². The quantitative estimate of drug-likeness (QED) is 0.0334. The second kappa shape index (κ2) is 30.5. The number of unbranched alkanes of at least 4 members (excludes halogenated alkanes) is 9. The summed E-state index contributed by atoms with van der Waals surface area (Å²) >= 11 is 0. The number of aliphatic hydroxyl groups excluding tert-OH is 4. The van der Waals surface area contributed by atoms with Gasteiger partial charge in [0.15, 0.2) is 6.10 Å². The van der Waals surface area contributed by atoms with Gasteiger partial charge in [-0.15, -0.1) is 0 Å². The van der Waals surface area contributed by atoms with Gasteiger partial charge in [0.05, 0.1) is 24.9 Å². The molecule has 0 aliphatic heterocycles. The van der Waals surface area contributed by atoms with Crippen LogP contribution in [0.15, 0.2) is 60.8 Å². The summed E-state index contributed by atoms with van der Waals surface area (Å²) in [4.78, 5) is 24.1. The number of aliphatic hydroxyl groups is 4. The van der Waals surface area contributed by atoms with Gasteiger partial charge in [0.1, 0.15) is 6.61 Å². The first-order valence-electron chi connectivity index (χ1n) is 16.7. The second-order valence-electron chi connectivity index (χ2n) is 11.1. The maximum absolute atomic E-state index is 12.1. The molecule has 4 N–H and O–H groups in total. The van der Waals surface area contributed by atoms with Crippen LogP contribution >= 0.6 is 0 Å². The number of esters is 2. The first kappa shape index (κ1) is 41.5. The lowest BCUT2D eigenvalue weighted by molar-refractivity contribution is -0.161. The maximum atomic E-state index is 12.1. The molecule has 0 amide bonds. The minimum atomic E-state index is -1.08. The van der Waals surface area contributed by atoms with E-state index in [-0.39, 0.29) is 25.9 Å². The molecule has 0 fully saturated rings. The van der Waals surface area contributed by atoms with Crippen molar-refractivity contribution < 1.29 is 39.5 Å². The lowest BCUT2D eigenvalue weighted by Crippen LogP contribution is -2.28. The van der Waals surface area contributed by atoms with E-state index in [4.69, 9.17) is 9.47 Å². The predicted molar refractivity (Wildman–Crippen MR) is 177 cm³/mol. The Morgan fingerprint density at radius 2 is 1.25 bits per heavy atom. The van der Waals surface area contributed by atoms with Crippen LogP contribution < -0.4 is 0 Å². The molecule has 0 aromatic heterocycles. The molecule has 252 valence electrons.